The van der Waals surface area contributed by atoms with Crippen molar-refractivity contribution in [2.24, 2.45) is 0 Å². The Morgan fingerprint density at radius 2 is 0.893 bits per heavy atom. The van der Waals surface area contributed by atoms with Gasteiger partial charge in [-0.1, -0.05) is 218 Å². The maximum Gasteiger partial charge on any atom is 0.306 e. The molecular formula is C50H95NO5. The minimum absolute atomic E-state index is 0.0686. The van der Waals surface area contributed by atoms with E-state index in [2.05, 4.69) is 50.4 Å². The predicted molar refractivity (Wildman–Crippen MR) is 241 cm³/mol. The Kier molecular flexibility index (Phi) is 43.1. The van der Waals surface area contributed by atoms with Crippen LogP contribution in [0.1, 0.15) is 258 Å². The van der Waals surface area contributed by atoms with Gasteiger partial charge in [0.15, 0.2) is 0 Å². The van der Waals surface area contributed by atoms with Gasteiger partial charge in [-0.05, 0) is 51.4 Å². The average molecular weight is 790 g/mol. The van der Waals surface area contributed by atoms with Crippen LogP contribution in [0.25, 0.3) is 0 Å². The molecule has 0 aromatic rings. The van der Waals surface area contributed by atoms with Crippen molar-refractivity contribution in [2.45, 2.75) is 277 Å². The number of hydrogen-bond donors (Lipinski definition) is 3. The normalized spacial score (nSPS) is 13.4. The summed E-state index contributed by atoms with van der Waals surface area (Å²) in [5.74, 6) is -0.486. The lowest BCUT2D eigenvalue weighted by molar-refractivity contribution is -0.151. The molecule has 0 aromatic heterocycles. The zero-order valence-electron chi connectivity index (χ0n) is 37.5. The molecule has 3 atom stereocenters. The van der Waals surface area contributed by atoms with Gasteiger partial charge in [-0.25, -0.2) is 0 Å². The molecule has 0 aliphatic heterocycles. The Balaban J connectivity index is 4.56. The van der Waals surface area contributed by atoms with E-state index in [0.29, 0.717) is 19.3 Å². The van der Waals surface area contributed by atoms with Gasteiger partial charge in [0.2, 0.25) is 5.91 Å². The van der Waals surface area contributed by atoms with Crippen LogP contribution in [-0.2, 0) is 14.3 Å². The van der Waals surface area contributed by atoms with Gasteiger partial charge in [0, 0.05) is 6.42 Å². The minimum atomic E-state index is -0.788. The van der Waals surface area contributed by atoms with Crippen LogP contribution in [-0.4, -0.2) is 46.9 Å². The maximum atomic E-state index is 13.2. The number of aliphatic hydroxyl groups is 2. The van der Waals surface area contributed by atoms with Crippen LogP contribution in [0.15, 0.2) is 24.3 Å². The van der Waals surface area contributed by atoms with Gasteiger partial charge in [0.25, 0.3) is 0 Å². The molecule has 0 aliphatic carbocycles. The second-order valence-electron chi connectivity index (χ2n) is 16.9. The molecule has 1 amide bonds. The van der Waals surface area contributed by atoms with Gasteiger partial charge in [0.05, 0.1) is 25.2 Å². The van der Waals surface area contributed by atoms with Gasteiger partial charge in [-0.2, -0.15) is 0 Å². The predicted octanol–water partition coefficient (Wildman–Crippen LogP) is 14.3. The van der Waals surface area contributed by atoms with E-state index in [9.17, 15) is 19.8 Å². The minimum Gasteiger partial charge on any atom is -0.462 e. The van der Waals surface area contributed by atoms with Crippen LogP contribution in [0.4, 0.5) is 0 Å². The molecule has 56 heavy (non-hydrogen) atoms. The third kappa shape index (κ3) is 39.2. The van der Waals surface area contributed by atoms with Crippen molar-refractivity contribution in [3.05, 3.63) is 24.3 Å². The van der Waals surface area contributed by atoms with E-state index < -0.39 is 18.2 Å². The fraction of sp³-hybridized carbons (Fsp3) is 0.880. The van der Waals surface area contributed by atoms with Gasteiger partial charge in [-0.3, -0.25) is 9.59 Å². The van der Waals surface area contributed by atoms with Crippen LogP contribution in [0.2, 0.25) is 0 Å². The lowest BCUT2D eigenvalue weighted by atomic mass is 10.0. The summed E-state index contributed by atoms with van der Waals surface area (Å²) in [6.45, 7) is 6.44. The van der Waals surface area contributed by atoms with Crippen LogP contribution in [0.3, 0.4) is 0 Å². The lowest BCUT2D eigenvalue weighted by Crippen LogP contribution is -2.46. The molecule has 3 N–H and O–H groups in total. The number of esters is 1. The highest BCUT2D eigenvalue weighted by Crippen LogP contribution is 2.18. The molecular weight excluding hydrogens is 695 g/mol. The first kappa shape index (κ1) is 54.3. The lowest BCUT2D eigenvalue weighted by Gasteiger charge is -2.24. The van der Waals surface area contributed by atoms with E-state index in [1.807, 2.05) is 0 Å². The Labute approximate surface area is 348 Å². The van der Waals surface area contributed by atoms with Gasteiger partial charge < -0.3 is 20.3 Å². The average Bonchev–Trinajstić information content (AvgIpc) is 3.19. The molecule has 330 valence electrons. The van der Waals surface area contributed by atoms with Gasteiger partial charge in [0.1, 0.15) is 6.10 Å². The van der Waals surface area contributed by atoms with Crippen LogP contribution in [0, 0.1) is 0 Å². The molecule has 0 saturated carbocycles. The summed E-state index contributed by atoms with van der Waals surface area (Å²) in [6, 6.07) is -0.702. The number of amides is 1. The first-order chi connectivity index (χ1) is 27.5. The number of nitrogens with one attached hydrogen (secondary N) is 1. The van der Waals surface area contributed by atoms with Crippen molar-refractivity contribution in [2.75, 3.05) is 6.61 Å². The van der Waals surface area contributed by atoms with Crippen LogP contribution < -0.4 is 5.32 Å². The molecule has 0 heterocycles. The SMILES string of the molecule is CCCCC/C=C/C=C/CCCCCCC(CC(=O)NC(CO)C(O)CCCCCCCCCCCCCCCC)OC(=O)CCCCCCCCCCCC. The summed E-state index contributed by atoms with van der Waals surface area (Å²) >= 11 is 0. The summed E-state index contributed by atoms with van der Waals surface area (Å²) in [4.78, 5) is 26.0. The highest BCUT2D eigenvalue weighted by atomic mass is 16.5. The first-order valence-corrected chi connectivity index (χ1v) is 24.6. The number of ether oxygens (including phenoxy) is 1. The molecule has 3 unspecified atom stereocenters. The summed E-state index contributed by atoms with van der Waals surface area (Å²) in [6.07, 6.45) is 49.5. The smallest absolute Gasteiger partial charge is 0.306 e. The Morgan fingerprint density at radius 3 is 1.36 bits per heavy atom. The van der Waals surface area contributed by atoms with Crippen molar-refractivity contribution in [1.29, 1.82) is 0 Å². The van der Waals surface area contributed by atoms with Crippen molar-refractivity contribution < 1.29 is 24.5 Å². The molecule has 0 spiro atoms. The molecule has 0 aromatic carbocycles. The highest BCUT2D eigenvalue weighted by molar-refractivity contribution is 5.77. The zero-order chi connectivity index (χ0) is 41.0. The number of carbonyl (C=O) groups excluding carboxylic acids is 2. The Bertz CT molecular complexity index is 889. The second-order valence-corrected chi connectivity index (χ2v) is 16.9. The molecule has 0 aliphatic rings. The zero-order valence-corrected chi connectivity index (χ0v) is 37.5. The Morgan fingerprint density at radius 1 is 0.518 bits per heavy atom. The third-order valence-electron chi connectivity index (χ3n) is 11.3. The van der Waals surface area contributed by atoms with Crippen LogP contribution in [0.5, 0.6) is 0 Å². The van der Waals surface area contributed by atoms with E-state index in [-0.39, 0.29) is 24.9 Å². The standard InChI is InChI=1S/C50H95NO5/c1-4-7-10-13-16-19-22-24-26-28-30-33-36-39-42-48(53)47(45-52)51-49(54)44-46(41-38-35-32-29-27-25-23-20-17-14-11-8-5-2)56-50(55)43-40-37-34-31-21-18-15-12-9-6-3/h17,20,23,25,46-48,52-53H,4-16,18-19,21-22,24,26-45H2,1-3H3,(H,51,54)/b20-17+,25-23+. The monoisotopic (exact) mass is 790 g/mol. The van der Waals surface area contributed by atoms with Crippen LogP contribution >= 0.6 is 0 Å². The number of carbonyl (C=O) groups is 2. The summed E-state index contributed by atoms with van der Waals surface area (Å²) < 4.78 is 5.90. The number of allylic oxidation sites excluding steroid dienone is 4. The van der Waals surface area contributed by atoms with E-state index in [1.54, 1.807) is 0 Å². The molecule has 6 heteroatoms. The number of rotatable bonds is 44. The maximum absolute atomic E-state index is 13.2. The van der Waals surface area contributed by atoms with Crippen molar-refractivity contribution >= 4 is 11.9 Å². The first-order valence-electron chi connectivity index (χ1n) is 24.6. The second kappa shape index (κ2) is 44.4. The third-order valence-corrected chi connectivity index (χ3v) is 11.3. The summed E-state index contributed by atoms with van der Waals surface area (Å²) in [5.41, 5.74) is 0. The van der Waals surface area contributed by atoms with E-state index in [4.69, 9.17) is 4.74 Å². The number of hydrogen-bond acceptors (Lipinski definition) is 5. The molecule has 0 fully saturated rings. The fourth-order valence-electron chi connectivity index (χ4n) is 7.54. The molecule has 6 nitrogen and oxygen atoms in total. The quantitative estimate of drug-likeness (QED) is 0.0324. The molecule has 0 saturated heterocycles. The Hall–Kier alpha value is -1.66. The topological polar surface area (TPSA) is 95.9 Å². The van der Waals surface area contributed by atoms with E-state index in [1.165, 1.54) is 141 Å². The summed E-state index contributed by atoms with van der Waals surface area (Å²) in [7, 11) is 0. The molecule has 0 radical (unpaired) electrons. The fourth-order valence-corrected chi connectivity index (χ4v) is 7.54. The van der Waals surface area contributed by atoms with Gasteiger partial charge in [-0.15, -0.1) is 0 Å². The van der Waals surface area contributed by atoms with Gasteiger partial charge >= 0.3 is 5.97 Å². The number of unbranched alkanes of at least 4 members (excludes halogenated alkanes) is 29. The van der Waals surface area contributed by atoms with E-state index in [0.717, 1.165) is 70.6 Å². The number of aliphatic hydroxyl groups excluding tert-OH is 2. The summed E-state index contributed by atoms with van der Waals surface area (Å²) in [5, 5.41) is 23.7. The van der Waals surface area contributed by atoms with E-state index >= 15 is 0 Å². The molecule has 0 bridgehead atoms. The van der Waals surface area contributed by atoms with Crippen molar-refractivity contribution in [1.82, 2.24) is 5.32 Å². The largest absolute Gasteiger partial charge is 0.462 e. The highest BCUT2D eigenvalue weighted by Gasteiger charge is 2.24. The van der Waals surface area contributed by atoms with Crippen molar-refractivity contribution in [3.63, 3.8) is 0 Å². The van der Waals surface area contributed by atoms with Crippen molar-refractivity contribution in [3.8, 4) is 0 Å². The molecule has 0 rings (SSSR count).